The van der Waals surface area contributed by atoms with Crippen LogP contribution in [0, 0.1) is 6.92 Å². The number of aliphatic imine (C=N–C) groups is 1. The fourth-order valence-corrected chi connectivity index (χ4v) is 4.25. The number of carbonyl (C=O) groups excluding carboxylic acids is 1. The third kappa shape index (κ3) is 5.14. The van der Waals surface area contributed by atoms with E-state index in [2.05, 4.69) is 22.4 Å². The van der Waals surface area contributed by atoms with Crippen LogP contribution < -0.4 is 10.1 Å². The second kappa shape index (κ2) is 10.8. The number of nitrogens with zero attached hydrogens (tertiary/aromatic N) is 4. The Balaban J connectivity index is 1.84. The largest absolute Gasteiger partial charge is 0.494 e. The van der Waals surface area contributed by atoms with E-state index in [0.29, 0.717) is 24.0 Å². The summed E-state index contributed by atoms with van der Waals surface area (Å²) >= 11 is 6.16. The lowest BCUT2D eigenvalue weighted by molar-refractivity contribution is -0.121. The van der Waals surface area contributed by atoms with Crippen LogP contribution in [0.3, 0.4) is 0 Å². The van der Waals surface area contributed by atoms with Crippen LogP contribution in [-0.4, -0.2) is 39.5 Å². The monoisotopic (exact) mass is 479 g/mol. The van der Waals surface area contributed by atoms with Gasteiger partial charge in [0.15, 0.2) is 5.82 Å². The van der Waals surface area contributed by atoms with Crippen molar-refractivity contribution in [1.29, 1.82) is 0 Å². The molecular weight excluding hydrogens is 450 g/mol. The predicted octanol–water partition coefficient (Wildman–Crippen LogP) is 5.22. The van der Waals surface area contributed by atoms with Gasteiger partial charge in [0.25, 0.3) is 0 Å². The zero-order valence-electron chi connectivity index (χ0n) is 19.8. The number of nitrogens with one attached hydrogen (secondary N) is 1. The highest BCUT2D eigenvalue weighted by Gasteiger charge is 2.30. The first kappa shape index (κ1) is 24.0. The summed E-state index contributed by atoms with van der Waals surface area (Å²) in [7, 11) is 0. The standard InChI is InChI=1S/C26H30ClN5O2/c1-4-6-7-14-34-20-12-13-23-21(15-20)25(18-8-10-19(27)11-9-18)29-22(16-24(33)28-5-2)26-31-30-17(3)32(23)26/h8-13,15,22H,4-7,14,16H2,1-3H3,(H,28,33)/t22-/m0/s1. The SMILES string of the molecule is CCCCCOc1ccc2c(c1)C(c1ccc(Cl)cc1)=N[C@@H](CC(=O)NCC)c1nnc(C)n1-2. The van der Waals surface area contributed by atoms with E-state index in [1.807, 2.05) is 60.9 Å². The number of fused-ring (bicyclic) bond motifs is 3. The molecule has 0 saturated heterocycles. The Bertz CT molecular complexity index is 1190. The Hall–Kier alpha value is -3.19. The number of benzene rings is 2. The normalized spacial score (nSPS) is 14.6. The molecule has 34 heavy (non-hydrogen) atoms. The zero-order chi connectivity index (χ0) is 24.1. The first-order chi connectivity index (χ1) is 16.5. The van der Waals surface area contributed by atoms with Gasteiger partial charge in [0, 0.05) is 22.7 Å². The van der Waals surface area contributed by atoms with Crippen LogP contribution in [0.25, 0.3) is 5.69 Å². The number of aromatic nitrogens is 3. The van der Waals surface area contributed by atoms with Gasteiger partial charge in [-0.15, -0.1) is 10.2 Å². The van der Waals surface area contributed by atoms with Crippen molar-refractivity contribution in [3.63, 3.8) is 0 Å². The molecule has 1 aromatic heterocycles. The minimum atomic E-state index is -0.486. The molecule has 178 valence electrons. The summed E-state index contributed by atoms with van der Waals surface area (Å²) in [6, 6.07) is 13.1. The van der Waals surface area contributed by atoms with Gasteiger partial charge in [-0.3, -0.25) is 14.4 Å². The van der Waals surface area contributed by atoms with Gasteiger partial charge in [0.1, 0.15) is 17.6 Å². The third-order valence-corrected chi connectivity index (χ3v) is 6.04. The molecule has 0 bridgehead atoms. The summed E-state index contributed by atoms with van der Waals surface area (Å²) < 4.78 is 8.05. The first-order valence-corrected chi connectivity index (χ1v) is 12.2. The predicted molar refractivity (Wildman–Crippen MR) is 134 cm³/mol. The Labute approximate surface area is 205 Å². The van der Waals surface area contributed by atoms with Gasteiger partial charge in [-0.25, -0.2) is 0 Å². The minimum absolute atomic E-state index is 0.0789. The molecule has 0 spiro atoms. The van der Waals surface area contributed by atoms with Crippen molar-refractivity contribution in [3.8, 4) is 11.4 Å². The number of hydrogen-bond acceptors (Lipinski definition) is 5. The van der Waals surface area contributed by atoms with Gasteiger partial charge in [0.2, 0.25) is 5.91 Å². The Kier molecular flexibility index (Phi) is 7.63. The summed E-state index contributed by atoms with van der Waals surface area (Å²) in [6.45, 7) is 7.21. The number of aryl methyl sites for hydroxylation is 1. The van der Waals surface area contributed by atoms with Gasteiger partial charge in [-0.05, 0) is 50.6 Å². The van der Waals surface area contributed by atoms with Crippen LogP contribution in [0.15, 0.2) is 47.5 Å². The van der Waals surface area contributed by atoms with Crippen molar-refractivity contribution in [1.82, 2.24) is 20.1 Å². The van der Waals surface area contributed by atoms with Gasteiger partial charge < -0.3 is 10.1 Å². The van der Waals surface area contributed by atoms with Crippen molar-refractivity contribution in [2.24, 2.45) is 4.99 Å². The van der Waals surface area contributed by atoms with E-state index in [9.17, 15) is 4.79 Å². The Morgan fingerprint density at radius 3 is 2.65 bits per heavy atom. The van der Waals surface area contributed by atoms with Crippen LogP contribution in [0.4, 0.5) is 0 Å². The van der Waals surface area contributed by atoms with E-state index >= 15 is 0 Å². The molecule has 4 rings (SSSR count). The Morgan fingerprint density at radius 2 is 1.91 bits per heavy atom. The van der Waals surface area contributed by atoms with Crippen molar-refractivity contribution in [2.75, 3.05) is 13.2 Å². The van der Waals surface area contributed by atoms with E-state index in [-0.39, 0.29) is 12.3 Å². The van der Waals surface area contributed by atoms with Crippen LogP contribution >= 0.6 is 11.6 Å². The molecule has 3 aromatic rings. The third-order valence-electron chi connectivity index (χ3n) is 5.78. The minimum Gasteiger partial charge on any atom is -0.494 e. The number of unbranched alkanes of at least 4 members (excludes halogenated alkanes) is 2. The first-order valence-electron chi connectivity index (χ1n) is 11.8. The highest BCUT2D eigenvalue weighted by Crippen LogP contribution is 2.34. The van der Waals surface area contributed by atoms with Crippen LogP contribution in [0.1, 0.15) is 68.3 Å². The van der Waals surface area contributed by atoms with E-state index in [0.717, 1.165) is 53.4 Å². The number of amides is 1. The van der Waals surface area contributed by atoms with Crippen molar-refractivity contribution < 1.29 is 9.53 Å². The number of halogens is 1. The summed E-state index contributed by atoms with van der Waals surface area (Å²) in [5.74, 6) is 2.09. The summed E-state index contributed by atoms with van der Waals surface area (Å²) in [5.41, 5.74) is 3.49. The molecule has 1 N–H and O–H groups in total. The zero-order valence-corrected chi connectivity index (χ0v) is 20.6. The lowest BCUT2D eigenvalue weighted by Crippen LogP contribution is -2.25. The summed E-state index contributed by atoms with van der Waals surface area (Å²) in [4.78, 5) is 17.6. The fraction of sp³-hybridized carbons (Fsp3) is 0.385. The van der Waals surface area contributed by atoms with E-state index in [1.165, 1.54) is 0 Å². The van der Waals surface area contributed by atoms with E-state index in [4.69, 9.17) is 21.3 Å². The molecule has 1 atom stereocenters. The average molecular weight is 480 g/mol. The molecule has 7 nitrogen and oxygen atoms in total. The van der Waals surface area contributed by atoms with E-state index in [1.54, 1.807) is 0 Å². The second-order valence-electron chi connectivity index (χ2n) is 8.33. The van der Waals surface area contributed by atoms with Crippen LogP contribution in [-0.2, 0) is 4.79 Å². The highest BCUT2D eigenvalue weighted by molar-refractivity contribution is 6.30. The molecule has 8 heteroatoms. The molecular formula is C26H30ClN5O2. The molecule has 2 heterocycles. The highest BCUT2D eigenvalue weighted by atomic mass is 35.5. The van der Waals surface area contributed by atoms with Crippen molar-refractivity contribution >= 4 is 23.2 Å². The van der Waals surface area contributed by atoms with Gasteiger partial charge in [0.05, 0.1) is 24.4 Å². The average Bonchev–Trinajstić information content (AvgIpc) is 3.15. The fourth-order valence-electron chi connectivity index (χ4n) is 4.13. The number of rotatable bonds is 9. The molecule has 1 aliphatic heterocycles. The number of carbonyl (C=O) groups is 1. The van der Waals surface area contributed by atoms with Crippen LogP contribution in [0.2, 0.25) is 5.02 Å². The molecule has 0 saturated carbocycles. The second-order valence-corrected chi connectivity index (χ2v) is 8.77. The summed E-state index contributed by atoms with van der Waals surface area (Å²) in [5, 5.41) is 12.3. The van der Waals surface area contributed by atoms with Crippen molar-refractivity contribution in [3.05, 3.63) is 70.3 Å². The topological polar surface area (TPSA) is 81.4 Å². The van der Waals surface area contributed by atoms with Crippen LogP contribution in [0.5, 0.6) is 5.75 Å². The van der Waals surface area contributed by atoms with Gasteiger partial charge in [-0.1, -0.05) is 43.5 Å². The molecule has 2 aromatic carbocycles. The molecule has 1 amide bonds. The quantitative estimate of drug-likeness (QED) is 0.427. The van der Waals surface area contributed by atoms with E-state index < -0.39 is 6.04 Å². The molecule has 0 unspecified atom stereocenters. The number of hydrogen-bond donors (Lipinski definition) is 1. The smallest absolute Gasteiger partial charge is 0.222 e. The maximum Gasteiger partial charge on any atom is 0.222 e. The molecule has 0 aliphatic carbocycles. The lowest BCUT2D eigenvalue weighted by Gasteiger charge is -2.15. The maximum absolute atomic E-state index is 12.6. The van der Waals surface area contributed by atoms with Gasteiger partial charge in [-0.2, -0.15) is 0 Å². The Morgan fingerprint density at radius 1 is 1.12 bits per heavy atom. The molecule has 0 fully saturated rings. The van der Waals surface area contributed by atoms with Crippen molar-refractivity contribution in [2.45, 2.75) is 52.5 Å². The van der Waals surface area contributed by atoms with Gasteiger partial charge >= 0.3 is 0 Å². The lowest BCUT2D eigenvalue weighted by atomic mass is 10.00. The summed E-state index contributed by atoms with van der Waals surface area (Å²) in [6.07, 6.45) is 3.46. The maximum atomic E-state index is 12.6. The molecule has 0 radical (unpaired) electrons. The molecule has 1 aliphatic rings. The number of ether oxygens (including phenoxy) is 1.